The molecule has 116 valence electrons. The Balaban J connectivity index is 1.87. The van der Waals surface area contributed by atoms with Crippen molar-refractivity contribution in [3.63, 3.8) is 0 Å². The Morgan fingerprint density at radius 1 is 1.00 bits per heavy atom. The molecule has 3 rings (SSSR count). The van der Waals surface area contributed by atoms with Crippen LogP contribution in [0.25, 0.3) is 0 Å². The molecule has 6 nitrogen and oxygen atoms in total. The van der Waals surface area contributed by atoms with Crippen molar-refractivity contribution < 1.29 is 17.9 Å². The lowest BCUT2D eigenvalue weighted by atomic mass is 10.3. The summed E-state index contributed by atoms with van der Waals surface area (Å²) in [5.74, 6) is 1.13. The highest BCUT2D eigenvalue weighted by Gasteiger charge is 2.28. The Hall–Kier alpha value is -1.31. The maximum atomic E-state index is 12.7. The zero-order valence-corrected chi connectivity index (χ0v) is 12.9. The summed E-state index contributed by atoms with van der Waals surface area (Å²) in [6, 6.07) is 4.86. The van der Waals surface area contributed by atoms with E-state index in [0.29, 0.717) is 37.8 Å². The van der Waals surface area contributed by atoms with Gasteiger partial charge in [-0.2, -0.15) is 4.31 Å². The summed E-state index contributed by atoms with van der Waals surface area (Å²) in [6.07, 6.45) is 0.801. The number of ether oxygens (including phenoxy) is 2. The third kappa shape index (κ3) is 3.00. The van der Waals surface area contributed by atoms with Crippen molar-refractivity contribution in [3.8, 4) is 11.5 Å². The first-order valence-corrected chi connectivity index (χ1v) is 8.60. The molecule has 1 fully saturated rings. The number of hydrogen-bond acceptors (Lipinski definition) is 5. The van der Waals surface area contributed by atoms with E-state index in [2.05, 4.69) is 4.90 Å². The Morgan fingerprint density at radius 2 is 1.67 bits per heavy atom. The van der Waals surface area contributed by atoms with Crippen LogP contribution in [0, 0.1) is 0 Å². The van der Waals surface area contributed by atoms with Gasteiger partial charge in [-0.15, -0.1) is 0 Å². The number of hydrogen-bond donors (Lipinski definition) is 0. The Morgan fingerprint density at radius 3 is 2.38 bits per heavy atom. The van der Waals surface area contributed by atoms with Gasteiger partial charge < -0.3 is 14.4 Å². The summed E-state index contributed by atoms with van der Waals surface area (Å²) in [5.41, 5.74) is 0. The molecule has 0 unspecified atom stereocenters. The van der Waals surface area contributed by atoms with Crippen LogP contribution >= 0.6 is 0 Å². The molecule has 7 heteroatoms. The summed E-state index contributed by atoms with van der Waals surface area (Å²) in [7, 11) is -1.46. The molecule has 0 atom stereocenters. The van der Waals surface area contributed by atoms with E-state index in [4.69, 9.17) is 9.47 Å². The molecular formula is C14H20N2O4S. The molecule has 1 aromatic rings. The van der Waals surface area contributed by atoms with Crippen molar-refractivity contribution in [2.45, 2.75) is 11.3 Å². The molecular weight excluding hydrogens is 292 g/mol. The molecule has 0 amide bonds. The molecule has 2 aliphatic rings. The maximum Gasteiger partial charge on any atom is 0.243 e. The molecule has 0 aliphatic carbocycles. The fraction of sp³-hybridized carbons (Fsp3) is 0.571. The van der Waals surface area contributed by atoms with E-state index in [1.54, 1.807) is 18.2 Å². The summed E-state index contributed by atoms with van der Waals surface area (Å²) < 4.78 is 38.0. The molecule has 0 radical (unpaired) electrons. The highest BCUT2D eigenvalue weighted by Crippen LogP contribution is 2.32. The number of likely N-dealkylation sites (N-methyl/N-ethyl adjacent to an activating group) is 1. The van der Waals surface area contributed by atoms with Crippen LogP contribution in [0.1, 0.15) is 6.42 Å². The van der Waals surface area contributed by atoms with E-state index in [1.165, 1.54) is 4.31 Å². The van der Waals surface area contributed by atoms with Crippen LogP contribution in [0.5, 0.6) is 11.5 Å². The van der Waals surface area contributed by atoms with Gasteiger partial charge in [0.05, 0.1) is 18.1 Å². The summed E-state index contributed by atoms with van der Waals surface area (Å²) in [5, 5.41) is 0. The van der Waals surface area contributed by atoms with Crippen molar-refractivity contribution >= 4 is 10.0 Å². The van der Waals surface area contributed by atoms with Gasteiger partial charge in [-0.05, 0) is 19.2 Å². The number of piperazine rings is 1. The van der Waals surface area contributed by atoms with Gasteiger partial charge in [0.2, 0.25) is 10.0 Å². The van der Waals surface area contributed by atoms with Gasteiger partial charge in [-0.3, -0.25) is 0 Å². The van der Waals surface area contributed by atoms with Crippen LogP contribution in [0.2, 0.25) is 0 Å². The van der Waals surface area contributed by atoms with Crippen LogP contribution in [-0.2, 0) is 10.0 Å². The van der Waals surface area contributed by atoms with Crippen molar-refractivity contribution in [2.24, 2.45) is 0 Å². The minimum Gasteiger partial charge on any atom is -0.490 e. The molecule has 0 spiro atoms. The second-order valence-corrected chi connectivity index (χ2v) is 7.30. The molecule has 0 aromatic heterocycles. The molecule has 0 N–H and O–H groups in total. The van der Waals surface area contributed by atoms with Crippen molar-refractivity contribution in [3.05, 3.63) is 18.2 Å². The van der Waals surface area contributed by atoms with Gasteiger partial charge in [0, 0.05) is 38.7 Å². The number of rotatable bonds is 2. The minimum absolute atomic E-state index is 0.274. The SMILES string of the molecule is CN1CCN(S(=O)(=O)c2ccc3c(c2)OCCCO3)CC1. The van der Waals surface area contributed by atoms with Crippen molar-refractivity contribution in [2.75, 3.05) is 46.4 Å². The number of fused-ring (bicyclic) bond motifs is 1. The van der Waals surface area contributed by atoms with Crippen LogP contribution < -0.4 is 9.47 Å². The molecule has 0 saturated carbocycles. The summed E-state index contributed by atoms with van der Waals surface area (Å²) in [4.78, 5) is 2.40. The van der Waals surface area contributed by atoms with Crippen LogP contribution in [-0.4, -0.2) is 64.1 Å². The Kier molecular flexibility index (Phi) is 4.05. The monoisotopic (exact) mass is 312 g/mol. The predicted octanol–water partition coefficient (Wildman–Crippen LogP) is 0.784. The Bertz CT molecular complexity index is 609. The van der Waals surface area contributed by atoms with E-state index >= 15 is 0 Å². The van der Waals surface area contributed by atoms with Crippen molar-refractivity contribution in [1.29, 1.82) is 0 Å². The third-order valence-electron chi connectivity index (χ3n) is 3.82. The van der Waals surface area contributed by atoms with E-state index < -0.39 is 10.0 Å². The third-order valence-corrected chi connectivity index (χ3v) is 5.71. The normalized spacial score (nSPS) is 21.0. The largest absolute Gasteiger partial charge is 0.490 e. The van der Waals surface area contributed by atoms with Crippen LogP contribution in [0.3, 0.4) is 0 Å². The molecule has 21 heavy (non-hydrogen) atoms. The zero-order chi connectivity index (χ0) is 14.9. The second-order valence-electron chi connectivity index (χ2n) is 5.37. The summed E-state index contributed by atoms with van der Waals surface area (Å²) >= 11 is 0. The molecule has 2 heterocycles. The van der Waals surface area contributed by atoms with Gasteiger partial charge in [0.25, 0.3) is 0 Å². The van der Waals surface area contributed by atoms with E-state index in [1.807, 2.05) is 7.05 Å². The number of nitrogens with zero attached hydrogens (tertiary/aromatic N) is 2. The van der Waals surface area contributed by atoms with Crippen LogP contribution in [0.15, 0.2) is 23.1 Å². The first-order valence-electron chi connectivity index (χ1n) is 7.16. The second kappa shape index (κ2) is 5.82. The lowest BCUT2D eigenvalue weighted by molar-refractivity contribution is 0.222. The topological polar surface area (TPSA) is 59.1 Å². The van der Waals surface area contributed by atoms with Gasteiger partial charge in [-0.1, -0.05) is 0 Å². The van der Waals surface area contributed by atoms with E-state index in [-0.39, 0.29) is 4.90 Å². The van der Waals surface area contributed by atoms with Gasteiger partial charge in [0.15, 0.2) is 11.5 Å². The molecule has 1 saturated heterocycles. The summed E-state index contributed by atoms with van der Waals surface area (Å²) in [6.45, 7) is 3.69. The average molecular weight is 312 g/mol. The lowest BCUT2D eigenvalue weighted by Gasteiger charge is -2.31. The molecule has 1 aromatic carbocycles. The number of sulfonamides is 1. The molecule has 0 bridgehead atoms. The van der Waals surface area contributed by atoms with Gasteiger partial charge >= 0.3 is 0 Å². The van der Waals surface area contributed by atoms with Crippen molar-refractivity contribution in [1.82, 2.24) is 9.21 Å². The van der Waals surface area contributed by atoms with E-state index in [9.17, 15) is 8.42 Å². The van der Waals surface area contributed by atoms with E-state index in [0.717, 1.165) is 19.5 Å². The first kappa shape index (κ1) is 14.6. The maximum absolute atomic E-state index is 12.7. The quantitative estimate of drug-likeness (QED) is 0.808. The highest BCUT2D eigenvalue weighted by atomic mass is 32.2. The smallest absolute Gasteiger partial charge is 0.243 e. The zero-order valence-electron chi connectivity index (χ0n) is 12.1. The Labute approximate surface area is 125 Å². The fourth-order valence-electron chi connectivity index (χ4n) is 2.48. The lowest BCUT2D eigenvalue weighted by Crippen LogP contribution is -2.47. The predicted molar refractivity (Wildman–Crippen MR) is 78.3 cm³/mol. The average Bonchev–Trinajstić information content (AvgIpc) is 2.72. The molecule has 2 aliphatic heterocycles. The fourth-order valence-corrected chi connectivity index (χ4v) is 3.92. The van der Waals surface area contributed by atoms with Gasteiger partial charge in [-0.25, -0.2) is 8.42 Å². The first-order chi connectivity index (χ1) is 10.1. The van der Waals surface area contributed by atoms with Gasteiger partial charge in [0.1, 0.15) is 0 Å². The minimum atomic E-state index is -3.46. The highest BCUT2D eigenvalue weighted by molar-refractivity contribution is 7.89. The number of benzene rings is 1. The van der Waals surface area contributed by atoms with Crippen LogP contribution in [0.4, 0.5) is 0 Å². The standard InChI is InChI=1S/C14H20N2O4S/c1-15-5-7-16(8-6-15)21(17,18)12-3-4-13-14(11-12)20-10-2-9-19-13/h3-4,11H,2,5-10H2,1H3.